The van der Waals surface area contributed by atoms with Crippen molar-refractivity contribution in [3.8, 4) is 5.75 Å². The number of carbonyl (C=O) groups is 1. The first-order valence-electron chi connectivity index (χ1n) is 8.56. The summed E-state index contributed by atoms with van der Waals surface area (Å²) in [6, 6.07) is 5.81. The van der Waals surface area contributed by atoms with E-state index < -0.39 is 0 Å². The molecule has 5 nitrogen and oxygen atoms in total. The van der Waals surface area contributed by atoms with Crippen LogP contribution in [0.3, 0.4) is 0 Å². The van der Waals surface area contributed by atoms with Crippen LogP contribution in [-0.4, -0.2) is 38.3 Å². The molecule has 1 amide bonds. The van der Waals surface area contributed by atoms with Crippen molar-refractivity contribution in [2.45, 2.75) is 38.7 Å². The lowest BCUT2D eigenvalue weighted by Crippen LogP contribution is -2.29. The lowest BCUT2D eigenvalue weighted by molar-refractivity contribution is -0.115. The van der Waals surface area contributed by atoms with Gasteiger partial charge in [-0.05, 0) is 56.0 Å². The zero-order valence-electron chi connectivity index (χ0n) is 13.8. The number of ether oxygens (including phenoxy) is 2. The van der Waals surface area contributed by atoms with Crippen LogP contribution in [0.1, 0.15) is 31.2 Å². The van der Waals surface area contributed by atoms with Crippen molar-refractivity contribution >= 4 is 11.6 Å². The molecule has 2 fully saturated rings. The Kier molecular flexibility index (Phi) is 5.51. The Morgan fingerprint density at radius 1 is 1.26 bits per heavy atom. The second kappa shape index (κ2) is 7.79. The Morgan fingerprint density at radius 3 is 2.74 bits per heavy atom. The number of anilines is 1. The Morgan fingerprint density at radius 2 is 2.04 bits per heavy atom. The van der Waals surface area contributed by atoms with Crippen LogP contribution in [0.5, 0.6) is 5.75 Å². The zero-order chi connectivity index (χ0) is 16.1. The minimum Gasteiger partial charge on any atom is -0.490 e. The highest BCUT2D eigenvalue weighted by Crippen LogP contribution is 2.27. The third-order valence-corrected chi connectivity index (χ3v) is 4.34. The number of hydrogen-bond acceptors (Lipinski definition) is 4. The molecule has 0 unspecified atom stereocenters. The van der Waals surface area contributed by atoms with Gasteiger partial charge in [0, 0.05) is 18.5 Å². The van der Waals surface area contributed by atoms with E-state index in [0.717, 1.165) is 55.5 Å². The first-order valence-corrected chi connectivity index (χ1v) is 8.56. The summed E-state index contributed by atoms with van der Waals surface area (Å²) < 4.78 is 11.4. The minimum atomic E-state index is 0.00291. The monoisotopic (exact) mass is 318 g/mol. The summed E-state index contributed by atoms with van der Waals surface area (Å²) in [7, 11) is 0. The van der Waals surface area contributed by atoms with Crippen LogP contribution in [0, 0.1) is 12.8 Å². The van der Waals surface area contributed by atoms with E-state index >= 15 is 0 Å². The molecule has 1 aliphatic carbocycles. The molecule has 3 rings (SSSR count). The third-order valence-electron chi connectivity index (χ3n) is 4.34. The van der Waals surface area contributed by atoms with Crippen molar-refractivity contribution in [2.24, 2.45) is 5.92 Å². The molecule has 0 atom stereocenters. The van der Waals surface area contributed by atoms with Crippen LogP contribution in [0.4, 0.5) is 5.69 Å². The molecule has 2 aliphatic rings. The van der Waals surface area contributed by atoms with Crippen LogP contribution in [0.15, 0.2) is 18.2 Å². The first-order chi connectivity index (χ1) is 11.2. The van der Waals surface area contributed by atoms with E-state index in [-0.39, 0.29) is 12.0 Å². The summed E-state index contributed by atoms with van der Waals surface area (Å²) in [6.45, 7) is 4.87. The smallest absolute Gasteiger partial charge is 0.238 e. The quantitative estimate of drug-likeness (QED) is 0.811. The summed E-state index contributed by atoms with van der Waals surface area (Å²) in [6.07, 6.45) is 4.69. The number of amides is 1. The molecular weight excluding hydrogens is 292 g/mol. The van der Waals surface area contributed by atoms with Crippen LogP contribution in [-0.2, 0) is 9.53 Å². The Bertz CT molecular complexity index is 537. The van der Waals surface area contributed by atoms with Gasteiger partial charge in [0.05, 0.1) is 19.8 Å². The van der Waals surface area contributed by atoms with Crippen molar-refractivity contribution in [1.82, 2.24) is 5.32 Å². The van der Waals surface area contributed by atoms with Gasteiger partial charge in [0.15, 0.2) is 0 Å². The fourth-order valence-corrected chi connectivity index (χ4v) is 2.75. The molecule has 0 spiro atoms. The van der Waals surface area contributed by atoms with E-state index in [4.69, 9.17) is 9.47 Å². The zero-order valence-corrected chi connectivity index (χ0v) is 13.8. The molecule has 1 saturated carbocycles. The second-order valence-corrected chi connectivity index (χ2v) is 6.53. The molecule has 1 aromatic carbocycles. The summed E-state index contributed by atoms with van der Waals surface area (Å²) >= 11 is 0. The lowest BCUT2D eigenvalue weighted by Gasteiger charge is -2.24. The maximum absolute atomic E-state index is 11.9. The topological polar surface area (TPSA) is 59.6 Å². The summed E-state index contributed by atoms with van der Waals surface area (Å²) in [4.78, 5) is 11.9. The molecule has 1 heterocycles. The number of nitrogens with one attached hydrogen (secondary N) is 2. The van der Waals surface area contributed by atoms with Crippen molar-refractivity contribution in [1.29, 1.82) is 0 Å². The van der Waals surface area contributed by atoms with E-state index in [2.05, 4.69) is 10.6 Å². The summed E-state index contributed by atoms with van der Waals surface area (Å²) in [5.41, 5.74) is 1.86. The molecular formula is C18H26N2O3. The number of rotatable bonds is 7. The largest absolute Gasteiger partial charge is 0.490 e. The molecule has 1 aliphatic heterocycles. The second-order valence-electron chi connectivity index (χ2n) is 6.53. The Hall–Kier alpha value is -1.59. The van der Waals surface area contributed by atoms with Gasteiger partial charge in [-0.1, -0.05) is 0 Å². The molecule has 2 N–H and O–H groups in total. The summed E-state index contributed by atoms with van der Waals surface area (Å²) in [5.74, 6) is 1.68. The van der Waals surface area contributed by atoms with E-state index in [0.29, 0.717) is 6.54 Å². The van der Waals surface area contributed by atoms with Crippen molar-refractivity contribution in [3.63, 3.8) is 0 Å². The standard InChI is InChI=1S/C18H26N2O3/c1-13-10-15(20-18(21)12-19-11-14-2-3-14)4-5-17(13)23-16-6-8-22-9-7-16/h4-5,10,14,16,19H,2-3,6-9,11-12H2,1H3,(H,20,21). The highest BCUT2D eigenvalue weighted by atomic mass is 16.5. The highest BCUT2D eigenvalue weighted by molar-refractivity contribution is 5.92. The van der Waals surface area contributed by atoms with Gasteiger partial charge in [0.1, 0.15) is 11.9 Å². The normalized spacial score (nSPS) is 18.7. The van der Waals surface area contributed by atoms with Crippen LogP contribution >= 0.6 is 0 Å². The Labute approximate surface area is 137 Å². The van der Waals surface area contributed by atoms with Gasteiger partial charge in [-0.25, -0.2) is 0 Å². The molecule has 1 aromatic rings. The highest BCUT2D eigenvalue weighted by Gasteiger charge is 2.20. The van der Waals surface area contributed by atoms with Crippen LogP contribution < -0.4 is 15.4 Å². The number of aryl methyl sites for hydroxylation is 1. The number of hydrogen-bond donors (Lipinski definition) is 2. The van der Waals surface area contributed by atoms with Crippen molar-refractivity contribution in [3.05, 3.63) is 23.8 Å². The van der Waals surface area contributed by atoms with Crippen LogP contribution in [0.25, 0.3) is 0 Å². The van der Waals surface area contributed by atoms with Crippen molar-refractivity contribution < 1.29 is 14.3 Å². The molecule has 5 heteroatoms. The minimum absolute atomic E-state index is 0.00291. The predicted octanol–water partition coefficient (Wildman–Crippen LogP) is 2.49. The van der Waals surface area contributed by atoms with Gasteiger partial charge in [-0.3, -0.25) is 4.79 Å². The molecule has 23 heavy (non-hydrogen) atoms. The van der Waals surface area contributed by atoms with Gasteiger partial charge < -0.3 is 20.1 Å². The van der Waals surface area contributed by atoms with Gasteiger partial charge in [-0.15, -0.1) is 0 Å². The van der Waals surface area contributed by atoms with E-state index in [1.807, 2.05) is 25.1 Å². The predicted molar refractivity (Wildman–Crippen MR) is 89.9 cm³/mol. The van der Waals surface area contributed by atoms with E-state index in [1.54, 1.807) is 0 Å². The van der Waals surface area contributed by atoms with Gasteiger partial charge in [-0.2, -0.15) is 0 Å². The molecule has 1 saturated heterocycles. The maximum atomic E-state index is 11.9. The first kappa shape index (κ1) is 16.3. The summed E-state index contributed by atoms with van der Waals surface area (Å²) in [5, 5.41) is 6.13. The van der Waals surface area contributed by atoms with Crippen LogP contribution in [0.2, 0.25) is 0 Å². The fraction of sp³-hybridized carbons (Fsp3) is 0.611. The Balaban J connectivity index is 1.48. The molecule has 126 valence electrons. The molecule has 0 aromatic heterocycles. The SMILES string of the molecule is Cc1cc(NC(=O)CNCC2CC2)ccc1OC1CCOCC1. The number of benzene rings is 1. The maximum Gasteiger partial charge on any atom is 0.238 e. The fourth-order valence-electron chi connectivity index (χ4n) is 2.75. The van der Waals surface area contributed by atoms with E-state index in [9.17, 15) is 4.79 Å². The molecule has 0 bridgehead atoms. The average Bonchev–Trinajstić information content (AvgIpc) is 3.35. The van der Waals surface area contributed by atoms with Crippen molar-refractivity contribution in [2.75, 3.05) is 31.6 Å². The van der Waals surface area contributed by atoms with E-state index in [1.165, 1.54) is 12.8 Å². The average molecular weight is 318 g/mol. The number of carbonyl (C=O) groups excluding carboxylic acids is 1. The lowest BCUT2D eigenvalue weighted by atomic mass is 10.1. The molecule has 0 radical (unpaired) electrons. The van der Waals surface area contributed by atoms with Gasteiger partial charge >= 0.3 is 0 Å². The van der Waals surface area contributed by atoms with Gasteiger partial charge in [0.25, 0.3) is 0 Å². The third kappa shape index (κ3) is 5.22. The van der Waals surface area contributed by atoms with Gasteiger partial charge in [0.2, 0.25) is 5.91 Å².